The van der Waals surface area contributed by atoms with Crippen molar-refractivity contribution in [2.24, 2.45) is 23.5 Å². The predicted molar refractivity (Wildman–Crippen MR) is 80.2 cm³/mol. The number of rotatable bonds is 4. The summed E-state index contributed by atoms with van der Waals surface area (Å²) in [6.45, 7) is 5.38. The predicted octanol–water partition coefficient (Wildman–Crippen LogP) is 1.35. The van der Waals surface area contributed by atoms with Gasteiger partial charge in [-0.25, -0.2) is 0 Å². The van der Waals surface area contributed by atoms with E-state index >= 15 is 0 Å². The van der Waals surface area contributed by atoms with Gasteiger partial charge in [0.15, 0.2) is 0 Å². The fourth-order valence-electron chi connectivity index (χ4n) is 4.58. The van der Waals surface area contributed by atoms with Crippen LogP contribution in [-0.2, 0) is 4.79 Å². The summed E-state index contributed by atoms with van der Waals surface area (Å²) in [6, 6.07) is 0.563. The van der Waals surface area contributed by atoms with E-state index in [0.717, 1.165) is 6.54 Å². The standard InChI is InChI=1S/C16H29N3O/c1-11(19-7-3-2-4-8-19)10-18-16(20)14-12-5-6-13(9-12)15(14)17/h11-15H,2-10,17H2,1H3,(H,18,20). The molecule has 1 saturated heterocycles. The third-order valence-electron chi connectivity index (χ3n) is 5.87. The molecule has 0 aromatic carbocycles. The van der Waals surface area contributed by atoms with Crippen LogP contribution < -0.4 is 11.1 Å². The number of carbonyl (C=O) groups is 1. The van der Waals surface area contributed by atoms with E-state index in [1.807, 2.05) is 0 Å². The van der Waals surface area contributed by atoms with Gasteiger partial charge < -0.3 is 11.1 Å². The summed E-state index contributed by atoms with van der Waals surface area (Å²) in [4.78, 5) is 14.9. The average Bonchev–Trinajstić information content (AvgIpc) is 3.06. The summed E-state index contributed by atoms with van der Waals surface area (Å²) < 4.78 is 0. The topological polar surface area (TPSA) is 58.4 Å². The lowest BCUT2D eigenvalue weighted by molar-refractivity contribution is -0.127. The van der Waals surface area contributed by atoms with Gasteiger partial charge in [0.2, 0.25) is 5.91 Å². The van der Waals surface area contributed by atoms with Crippen LogP contribution >= 0.6 is 0 Å². The van der Waals surface area contributed by atoms with Crippen molar-refractivity contribution < 1.29 is 4.79 Å². The fourth-order valence-corrected chi connectivity index (χ4v) is 4.58. The van der Waals surface area contributed by atoms with Gasteiger partial charge in [-0.2, -0.15) is 0 Å². The van der Waals surface area contributed by atoms with Crippen LogP contribution in [0.1, 0.15) is 45.4 Å². The molecule has 2 bridgehead atoms. The van der Waals surface area contributed by atoms with E-state index in [1.165, 1.54) is 51.6 Å². The molecule has 4 heteroatoms. The number of nitrogens with zero attached hydrogens (tertiary/aromatic N) is 1. The normalized spacial score (nSPS) is 38.9. The summed E-state index contributed by atoms with van der Waals surface area (Å²) in [6.07, 6.45) is 7.58. The number of hydrogen-bond donors (Lipinski definition) is 2. The van der Waals surface area contributed by atoms with Crippen molar-refractivity contribution in [3.8, 4) is 0 Å². The van der Waals surface area contributed by atoms with Crippen molar-refractivity contribution in [1.82, 2.24) is 10.2 Å². The molecule has 1 aliphatic heterocycles. The monoisotopic (exact) mass is 279 g/mol. The molecule has 2 aliphatic carbocycles. The van der Waals surface area contributed by atoms with Crippen LogP contribution in [0.15, 0.2) is 0 Å². The van der Waals surface area contributed by atoms with Crippen LogP contribution in [0.5, 0.6) is 0 Å². The molecule has 5 unspecified atom stereocenters. The van der Waals surface area contributed by atoms with Crippen molar-refractivity contribution in [3.05, 3.63) is 0 Å². The van der Waals surface area contributed by atoms with Crippen LogP contribution in [0.4, 0.5) is 0 Å². The van der Waals surface area contributed by atoms with Gasteiger partial charge in [0, 0.05) is 18.6 Å². The largest absolute Gasteiger partial charge is 0.354 e. The lowest BCUT2D eigenvalue weighted by atomic mass is 9.84. The molecular weight excluding hydrogens is 250 g/mol. The molecule has 3 N–H and O–H groups in total. The second-order valence-corrected chi connectivity index (χ2v) is 7.13. The molecule has 20 heavy (non-hydrogen) atoms. The third kappa shape index (κ3) is 2.73. The highest BCUT2D eigenvalue weighted by Crippen LogP contribution is 2.47. The zero-order valence-corrected chi connectivity index (χ0v) is 12.7. The van der Waals surface area contributed by atoms with Crippen LogP contribution in [0, 0.1) is 17.8 Å². The fraction of sp³-hybridized carbons (Fsp3) is 0.938. The van der Waals surface area contributed by atoms with E-state index in [4.69, 9.17) is 5.73 Å². The summed E-state index contributed by atoms with van der Waals surface area (Å²) in [5.74, 6) is 1.46. The SMILES string of the molecule is CC(CNC(=O)C1C2CCC(C2)C1N)N1CCCCC1. The van der Waals surface area contributed by atoms with Crippen molar-refractivity contribution in [2.75, 3.05) is 19.6 Å². The van der Waals surface area contributed by atoms with Gasteiger partial charge in [-0.05, 0) is 64.0 Å². The number of carbonyl (C=O) groups excluding carboxylic acids is 1. The second-order valence-electron chi connectivity index (χ2n) is 7.13. The van der Waals surface area contributed by atoms with Gasteiger partial charge in [0.05, 0.1) is 5.92 Å². The minimum atomic E-state index is 0.0855. The molecule has 0 aromatic heterocycles. The Morgan fingerprint density at radius 2 is 1.95 bits per heavy atom. The molecule has 0 radical (unpaired) electrons. The maximum atomic E-state index is 12.4. The maximum Gasteiger partial charge on any atom is 0.225 e. The number of hydrogen-bond acceptors (Lipinski definition) is 3. The molecule has 3 fully saturated rings. The van der Waals surface area contributed by atoms with Crippen molar-refractivity contribution in [3.63, 3.8) is 0 Å². The van der Waals surface area contributed by atoms with Gasteiger partial charge in [-0.15, -0.1) is 0 Å². The molecule has 114 valence electrons. The Kier molecular flexibility index (Phi) is 4.32. The van der Waals surface area contributed by atoms with Crippen molar-refractivity contribution in [1.29, 1.82) is 0 Å². The highest BCUT2D eigenvalue weighted by Gasteiger charge is 2.48. The lowest BCUT2D eigenvalue weighted by Gasteiger charge is -2.33. The lowest BCUT2D eigenvalue weighted by Crippen LogP contribution is -2.49. The molecule has 0 spiro atoms. The Bertz CT molecular complexity index is 352. The maximum absolute atomic E-state index is 12.4. The minimum Gasteiger partial charge on any atom is -0.354 e. The first kappa shape index (κ1) is 14.3. The van der Waals surface area contributed by atoms with Crippen LogP contribution in [-0.4, -0.2) is 42.5 Å². The van der Waals surface area contributed by atoms with Gasteiger partial charge in [-0.3, -0.25) is 9.69 Å². The first-order valence-corrected chi connectivity index (χ1v) is 8.44. The first-order chi connectivity index (χ1) is 9.66. The molecule has 3 aliphatic rings. The Hall–Kier alpha value is -0.610. The Labute approximate surface area is 122 Å². The summed E-state index contributed by atoms with van der Waals surface area (Å²) in [7, 11) is 0. The van der Waals surface area contributed by atoms with E-state index in [1.54, 1.807) is 0 Å². The summed E-state index contributed by atoms with van der Waals surface area (Å²) in [5, 5.41) is 3.18. The van der Waals surface area contributed by atoms with Gasteiger partial charge >= 0.3 is 0 Å². The molecular formula is C16H29N3O. The van der Waals surface area contributed by atoms with E-state index in [-0.39, 0.29) is 17.9 Å². The zero-order valence-electron chi connectivity index (χ0n) is 12.7. The Morgan fingerprint density at radius 1 is 1.25 bits per heavy atom. The quantitative estimate of drug-likeness (QED) is 0.817. The number of amides is 1. The van der Waals surface area contributed by atoms with Crippen LogP contribution in [0.2, 0.25) is 0 Å². The van der Waals surface area contributed by atoms with E-state index in [2.05, 4.69) is 17.1 Å². The number of nitrogens with two attached hydrogens (primary N) is 1. The Balaban J connectivity index is 1.47. The minimum absolute atomic E-state index is 0.0855. The second kappa shape index (κ2) is 6.02. The van der Waals surface area contributed by atoms with Crippen molar-refractivity contribution in [2.45, 2.75) is 57.5 Å². The van der Waals surface area contributed by atoms with Crippen LogP contribution in [0.3, 0.4) is 0 Å². The van der Waals surface area contributed by atoms with E-state index in [9.17, 15) is 4.79 Å². The van der Waals surface area contributed by atoms with Gasteiger partial charge in [0.1, 0.15) is 0 Å². The average molecular weight is 279 g/mol. The third-order valence-corrected chi connectivity index (χ3v) is 5.87. The molecule has 5 atom stereocenters. The van der Waals surface area contributed by atoms with E-state index < -0.39 is 0 Å². The summed E-state index contributed by atoms with van der Waals surface area (Å²) in [5.41, 5.74) is 6.24. The van der Waals surface area contributed by atoms with Gasteiger partial charge in [-0.1, -0.05) is 6.42 Å². The molecule has 0 aromatic rings. The molecule has 1 heterocycles. The smallest absolute Gasteiger partial charge is 0.225 e. The Morgan fingerprint density at radius 3 is 2.60 bits per heavy atom. The highest BCUT2D eigenvalue weighted by atomic mass is 16.2. The van der Waals surface area contributed by atoms with Crippen LogP contribution in [0.25, 0.3) is 0 Å². The first-order valence-electron chi connectivity index (χ1n) is 8.44. The van der Waals surface area contributed by atoms with Crippen molar-refractivity contribution >= 4 is 5.91 Å². The molecule has 4 nitrogen and oxygen atoms in total. The molecule has 2 saturated carbocycles. The van der Waals surface area contributed by atoms with Gasteiger partial charge in [0.25, 0.3) is 0 Å². The molecule has 3 rings (SSSR count). The zero-order chi connectivity index (χ0) is 14.1. The number of nitrogens with one attached hydrogen (secondary N) is 1. The highest BCUT2D eigenvalue weighted by molar-refractivity contribution is 5.80. The number of piperidine rings is 1. The molecule has 1 amide bonds. The number of fused-ring (bicyclic) bond motifs is 2. The summed E-state index contributed by atoms with van der Waals surface area (Å²) >= 11 is 0. The number of likely N-dealkylation sites (tertiary alicyclic amines) is 1. The van der Waals surface area contributed by atoms with E-state index in [0.29, 0.717) is 17.9 Å².